The van der Waals surface area contributed by atoms with Crippen LogP contribution in [0.25, 0.3) is 10.9 Å². The van der Waals surface area contributed by atoms with Gasteiger partial charge in [-0.15, -0.1) is 0 Å². The van der Waals surface area contributed by atoms with Gasteiger partial charge in [0.15, 0.2) is 0 Å². The number of pyridine rings is 1. The van der Waals surface area contributed by atoms with E-state index < -0.39 is 0 Å². The van der Waals surface area contributed by atoms with Crippen LogP contribution < -0.4 is 5.56 Å². The van der Waals surface area contributed by atoms with E-state index in [1.54, 1.807) is 0 Å². The number of nitrogens with one attached hydrogen (secondary N) is 1. The Balaban J connectivity index is 2.13. The molecule has 0 spiro atoms. The molecular weight excluding hydrogens is 210 g/mol. The Morgan fingerprint density at radius 2 is 2.06 bits per heavy atom. The minimum atomic E-state index is 0.148. The molecule has 0 aliphatic heterocycles. The fourth-order valence-electron chi connectivity index (χ4n) is 3.79. The minimum Gasteiger partial charge on any atom is -0.322 e. The molecule has 2 atom stereocenters. The van der Waals surface area contributed by atoms with Gasteiger partial charge in [-0.3, -0.25) is 4.79 Å². The van der Waals surface area contributed by atoms with E-state index >= 15 is 0 Å². The van der Waals surface area contributed by atoms with Crippen LogP contribution in [0.2, 0.25) is 0 Å². The summed E-state index contributed by atoms with van der Waals surface area (Å²) in [5.74, 6) is 1.39. The van der Waals surface area contributed by atoms with Crippen LogP contribution in [0.15, 0.2) is 29.1 Å². The predicted molar refractivity (Wildman–Crippen MR) is 68.4 cm³/mol. The second kappa shape index (κ2) is 3.22. The molecule has 86 valence electrons. The number of para-hydroxylation sites is 1. The molecule has 0 amide bonds. The van der Waals surface area contributed by atoms with Gasteiger partial charge in [0.1, 0.15) is 0 Å². The molecule has 2 bridgehead atoms. The zero-order valence-electron chi connectivity index (χ0n) is 9.70. The molecule has 2 aliphatic rings. The Labute approximate surface area is 99.7 Å². The number of aromatic amines is 1. The van der Waals surface area contributed by atoms with Gasteiger partial charge in [0.05, 0.1) is 0 Å². The third-order valence-corrected chi connectivity index (χ3v) is 4.51. The van der Waals surface area contributed by atoms with Crippen molar-refractivity contribution in [3.05, 3.63) is 45.7 Å². The molecule has 1 heterocycles. The van der Waals surface area contributed by atoms with Crippen LogP contribution in [-0.4, -0.2) is 4.98 Å². The quantitative estimate of drug-likeness (QED) is 0.734. The zero-order valence-corrected chi connectivity index (χ0v) is 9.70. The van der Waals surface area contributed by atoms with Gasteiger partial charge in [0.25, 0.3) is 5.56 Å². The number of H-pyrrole nitrogens is 1. The summed E-state index contributed by atoms with van der Waals surface area (Å²) < 4.78 is 0. The molecule has 1 N–H and O–H groups in total. The highest BCUT2D eigenvalue weighted by Gasteiger charge is 2.35. The van der Waals surface area contributed by atoms with Crippen LogP contribution in [0.4, 0.5) is 0 Å². The normalized spacial score (nSPS) is 26.1. The van der Waals surface area contributed by atoms with Gasteiger partial charge in [0, 0.05) is 16.5 Å². The summed E-state index contributed by atoms with van der Waals surface area (Å²) in [5, 5.41) is 1.27. The van der Waals surface area contributed by atoms with Crippen molar-refractivity contribution in [2.75, 3.05) is 0 Å². The molecule has 0 saturated heterocycles. The molecule has 0 radical (unpaired) electrons. The van der Waals surface area contributed by atoms with Gasteiger partial charge in [-0.1, -0.05) is 18.2 Å². The number of hydrogen-bond acceptors (Lipinski definition) is 1. The van der Waals surface area contributed by atoms with Crippen molar-refractivity contribution in [2.45, 2.75) is 31.6 Å². The van der Waals surface area contributed by atoms with Crippen molar-refractivity contribution in [2.24, 2.45) is 5.92 Å². The highest BCUT2D eigenvalue weighted by Crippen LogP contribution is 2.46. The lowest BCUT2D eigenvalue weighted by molar-refractivity contribution is 0.508. The molecule has 2 aliphatic carbocycles. The first-order valence-electron chi connectivity index (χ1n) is 6.46. The van der Waals surface area contributed by atoms with Crippen LogP contribution in [-0.2, 0) is 6.42 Å². The van der Waals surface area contributed by atoms with E-state index in [2.05, 4.69) is 17.1 Å². The Bertz CT molecular complexity index is 656. The van der Waals surface area contributed by atoms with E-state index in [4.69, 9.17) is 0 Å². The van der Waals surface area contributed by atoms with Crippen LogP contribution in [0.3, 0.4) is 0 Å². The van der Waals surface area contributed by atoms with E-state index in [-0.39, 0.29) is 5.56 Å². The van der Waals surface area contributed by atoms with Gasteiger partial charge in [-0.2, -0.15) is 0 Å². The molecule has 17 heavy (non-hydrogen) atoms. The van der Waals surface area contributed by atoms with Crippen molar-refractivity contribution in [3.63, 3.8) is 0 Å². The maximum atomic E-state index is 12.1. The lowest BCUT2D eigenvalue weighted by Gasteiger charge is -2.23. The SMILES string of the molecule is O=c1[nH]c2ccccc2c2c1C[C@H]1CC[C@H]2C1. The summed E-state index contributed by atoms with van der Waals surface area (Å²) in [6, 6.07) is 8.23. The van der Waals surface area contributed by atoms with Crippen molar-refractivity contribution < 1.29 is 0 Å². The highest BCUT2D eigenvalue weighted by atomic mass is 16.1. The van der Waals surface area contributed by atoms with Gasteiger partial charge < -0.3 is 4.98 Å². The monoisotopic (exact) mass is 225 g/mol. The van der Waals surface area contributed by atoms with E-state index in [9.17, 15) is 4.79 Å². The second-order valence-corrected chi connectivity index (χ2v) is 5.47. The number of benzene rings is 1. The topological polar surface area (TPSA) is 32.9 Å². The maximum absolute atomic E-state index is 12.1. The van der Waals surface area contributed by atoms with Crippen LogP contribution >= 0.6 is 0 Å². The third-order valence-electron chi connectivity index (χ3n) is 4.51. The smallest absolute Gasteiger partial charge is 0.251 e. The summed E-state index contributed by atoms with van der Waals surface area (Å²) in [7, 11) is 0. The summed E-state index contributed by atoms with van der Waals surface area (Å²) in [5.41, 5.74) is 3.58. The van der Waals surface area contributed by atoms with E-state index in [1.165, 1.54) is 30.2 Å². The molecule has 2 heteroatoms. The first-order chi connectivity index (χ1) is 8.33. The number of hydrogen-bond donors (Lipinski definition) is 1. The maximum Gasteiger partial charge on any atom is 0.251 e. The average molecular weight is 225 g/mol. The minimum absolute atomic E-state index is 0.148. The zero-order chi connectivity index (χ0) is 11.4. The van der Waals surface area contributed by atoms with Crippen molar-refractivity contribution in [1.82, 2.24) is 4.98 Å². The fourth-order valence-corrected chi connectivity index (χ4v) is 3.79. The molecular formula is C15H15NO. The molecule has 1 fully saturated rings. The number of rotatable bonds is 0. The molecule has 4 rings (SSSR count). The molecule has 1 aromatic heterocycles. The van der Waals surface area contributed by atoms with Gasteiger partial charge >= 0.3 is 0 Å². The van der Waals surface area contributed by atoms with Gasteiger partial charge in [0.2, 0.25) is 0 Å². The van der Waals surface area contributed by atoms with E-state index in [1.807, 2.05) is 12.1 Å². The molecule has 0 unspecified atom stereocenters. The van der Waals surface area contributed by atoms with Crippen molar-refractivity contribution >= 4 is 10.9 Å². The van der Waals surface area contributed by atoms with Crippen LogP contribution in [0.1, 0.15) is 36.3 Å². The standard InChI is InChI=1S/C15H15NO/c17-15-12-8-9-5-6-10(7-9)14(12)11-3-1-2-4-13(11)16-15/h1-4,9-10H,5-8H2,(H,16,17)/t9-,10-/m0/s1. The summed E-state index contributed by atoms with van der Waals surface area (Å²) in [6.07, 6.45) is 4.85. The third kappa shape index (κ3) is 1.24. The Hall–Kier alpha value is -1.57. The van der Waals surface area contributed by atoms with Crippen LogP contribution in [0.5, 0.6) is 0 Å². The van der Waals surface area contributed by atoms with E-state index in [0.29, 0.717) is 5.92 Å². The molecule has 1 saturated carbocycles. The Kier molecular flexibility index (Phi) is 1.79. The summed E-state index contributed by atoms with van der Waals surface area (Å²) in [4.78, 5) is 15.2. The number of fused-ring (bicyclic) bond motifs is 6. The first kappa shape index (κ1) is 9.46. The lowest BCUT2D eigenvalue weighted by atomic mass is 9.82. The first-order valence-corrected chi connectivity index (χ1v) is 6.46. The van der Waals surface area contributed by atoms with Crippen LogP contribution in [0, 0.1) is 5.92 Å². The van der Waals surface area contributed by atoms with E-state index in [0.717, 1.165) is 23.4 Å². The average Bonchev–Trinajstić information content (AvgIpc) is 2.72. The molecule has 1 aromatic carbocycles. The number of aromatic nitrogens is 1. The van der Waals surface area contributed by atoms with Gasteiger partial charge in [-0.25, -0.2) is 0 Å². The molecule has 2 nitrogen and oxygen atoms in total. The summed E-state index contributed by atoms with van der Waals surface area (Å²) in [6.45, 7) is 0. The fraction of sp³-hybridized carbons (Fsp3) is 0.400. The lowest BCUT2D eigenvalue weighted by Crippen LogP contribution is -2.22. The van der Waals surface area contributed by atoms with Crippen molar-refractivity contribution in [1.29, 1.82) is 0 Å². The highest BCUT2D eigenvalue weighted by molar-refractivity contribution is 5.84. The van der Waals surface area contributed by atoms with Gasteiger partial charge in [-0.05, 0) is 49.1 Å². The molecule has 2 aromatic rings. The second-order valence-electron chi connectivity index (χ2n) is 5.47. The Morgan fingerprint density at radius 1 is 1.18 bits per heavy atom. The Morgan fingerprint density at radius 3 is 3.00 bits per heavy atom. The largest absolute Gasteiger partial charge is 0.322 e. The predicted octanol–water partition coefficient (Wildman–Crippen LogP) is 2.97. The summed E-state index contributed by atoms with van der Waals surface area (Å²) >= 11 is 0. The van der Waals surface area contributed by atoms with Crippen molar-refractivity contribution in [3.8, 4) is 0 Å².